The van der Waals surface area contributed by atoms with Crippen LogP contribution in [-0.4, -0.2) is 27.4 Å². The number of para-hydroxylation sites is 1. The summed E-state index contributed by atoms with van der Waals surface area (Å²) >= 11 is 0. The van der Waals surface area contributed by atoms with Gasteiger partial charge in [0.15, 0.2) is 0 Å². The zero-order valence-electron chi connectivity index (χ0n) is 15.5. The summed E-state index contributed by atoms with van der Waals surface area (Å²) in [6.45, 7) is 0.305. The third kappa shape index (κ3) is 4.35. The Bertz CT molecular complexity index is 1160. The number of aromatic nitrogens is 3. The van der Waals surface area contributed by atoms with Gasteiger partial charge in [-0.1, -0.05) is 36.4 Å². The van der Waals surface area contributed by atoms with E-state index >= 15 is 0 Å². The van der Waals surface area contributed by atoms with Gasteiger partial charge in [-0.3, -0.25) is 9.78 Å². The molecule has 0 aliphatic carbocycles. The van der Waals surface area contributed by atoms with Crippen molar-refractivity contribution in [2.45, 2.75) is 6.42 Å². The number of hydrogen-bond donors (Lipinski definition) is 2. The van der Waals surface area contributed by atoms with Crippen LogP contribution in [0.1, 0.15) is 16.1 Å². The van der Waals surface area contributed by atoms with Crippen molar-refractivity contribution in [2.24, 2.45) is 0 Å². The van der Waals surface area contributed by atoms with E-state index in [9.17, 15) is 9.18 Å². The van der Waals surface area contributed by atoms with E-state index in [1.54, 1.807) is 24.4 Å². The molecule has 2 aromatic carbocycles. The topological polar surface area (TPSA) is 79.8 Å². The van der Waals surface area contributed by atoms with Gasteiger partial charge in [0.2, 0.25) is 5.95 Å². The van der Waals surface area contributed by atoms with Gasteiger partial charge < -0.3 is 10.6 Å². The van der Waals surface area contributed by atoms with Gasteiger partial charge in [-0.25, -0.2) is 14.4 Å². The Morgan fingerprint density at radius 1 is 0.931 bits per heavy atom. The van der Waals surface area contributed by atoms with Crippen molar-refractivity contribution in [3.63, 3.8) is 0 Å². The van der Waals surface area contributed by atoms with E-state index in [4.69, 9.17) is 0 Å². The van der Waals surface area contributed by atoms with E-state index in [-0.39, 0.29) is 17.4 Å². The standard InChI is InChI=1S/C22H18FN5O/c23-17-8-2-1-5-15(17)10-13-25-21(29)19-11-14-26-22(28-19)27-18-9-3-6-16-7-4-12-24-20(16)18/h1-9,11-12,14H,10,13H2,(H,25,29)(H,26,27,28). The molecular weight excluding hydrogens is 369 g/mol. The zero-order chi connectivity index (χ0) is 20.1. The van der Waals surface area contributed by atoms with Crippen LogP contribution < -0.4 is 10.6 Å². The largest absolute Gasteiger partial charge is 0.350 e. The van der Waals surface area contributed by atoms with Gasteiger partial charge in [0.05, 0.1) is 11.2 Å². The third-order valence-electron chi connectivity index (χ3n) is 4.41. The Morgan fingerprint density at radius 3 is 2.69 bits per heavy atom. The van der Waals surface area contributed by atoms with E-state index in [2.05, 4.69) is 25.6 Å². The number of amides is 1. The number of carbonyl (C=O) groups excluding carboxylic acids is 1. The Labute approximate surface area is 166 Å². The van der Waals surface area contributed by atoms with Crippen molar-refractivity contribution in [2.75, 3.05) is 11.9 Å². The van der Waals surface area contributed by atoms with Crippen LogP contribution >= 0.6 is 0 Å². The Morgan fingerprint density at radius 2 is 1.79 bits per heavy atom. The summed E-state index contributed by atoms with van der Waals surface area (Å²) in [5, 5.41) is 6.86. The molecule has 4 aromatic rings. The van der Waals surface area contributed by atoms with Crippen molar-refractivity contribution < 1.29 is 9.18 Å². The SMILES string of the molecule is O=C(NCCc1ccccc1F)c1ccnc(Nc2cccc3cccnc23)n1. The molecule has 0 saturated heterocycles. The summed E-state index contributed by atoms with van der Waals surface area (Å²) in [6.07, 6.45) is 3.63. The van der Waals surface area contributed by atoms with Crippen molar-refractivity contribution >= 4 is 28.4 Å². The monoisotopic (exact) mass is 387 g/mol. The highest BCUT2D eigenvalue weighted by molar-refractivity contribution is 5.93. The second-order valence-electron chi connectivity index (χ2n) is 6.37. The van der Waals surface area contributed by atoms with Crippen molar-refractivity contribution in [3.8, 4) is 0 Å². The molecule has 2 heterocycles. The number of nitrogens with zero attached hydrogens (tertiary/aromatic N) is 3. The number of benzene rings is 2. The predicted molar refractivity (Wildman–Crippen MR) is 109 cm³/mol. The van der Waals surface area contributed by atoms with Gasteiger partial charge in [-0.15, -0.1) is 0 Å². The van der Waals surface area contributed by atoms with E-state index in [1.165, 1.54) is 18.3 Å². The van der Waals surface area contributed by atoms with Gasteiger partial charge in [0, 0.05) is 24.3 Å². The third-order valence-corrected chi connectivity index (χ3v) is 4.41. The van der Waals surface area contributed by atoms with Crippen LogP contribution in [-0.2, 0) is 6.42 Å². The molecule has 0 saturated carbocycles. The quantitative estimate of drug-likeness (QED) is 0.525. The maximum absolute atomic E-state index is 13.7. The Kier molecular flexibility index (Phi) is 5.38. The number of carbonyl (C=O) groups is 1. The molecule has 2 aromatic heterocycles. The van der Waals surface area contributed by atoms with Crippen LogP contribution in [0.5, 0.6) is 0 Å². The molecule has 6 nitrogen and oxygen atoms in total. The summed E-state index contributed by atoms with van der Waals surface area (Å²) in [4.78, 5) is 25.3. The average Bonchev–Trinajstić information content (AvgIpc) is 2.75. The van der Waals surface area contributed by atoms with Crippen molar-refractivity contribution in [3.05, 3.63) is 90.1 Å². The minimum atomic E-state index is -0.345. The first kappa shape index (κ1) is 18.5. The van der Waals surface area contributed by atoms with Crippen LogP contribution in [0.15, 0.2) is 73.1 Å². The van der Waals surface area contributed by atoms with Gasteiger partial charge >= 0.3 is 0 Å². The van der Waals surface area contributed by atoms with E-state index < -0.39 is 0 Å². The average molecular weight is 387 g/mol. The first-order valence-corrected chi connectivity index (χ1v) is 9.16. The molecule has 2 N–H and O–H groups in total. The molecule has 0 aliphatic heterocycles. The number of halogens is 1. The van der Waals surface area contributed by atoms with Gasteiger partial charge in [0.25, 0.3) is 5.91 Å². The van der Waals surface area contributed by atoms with E-state index in [0.717, 1.165) is 16.6 Å². The molecule has 144 valence electrons. The molecule has 0 radical (unpaired) electrons. The number of pyridine rings is 1. The van der Waals surface area contributed by atoms with Crippen LogP contribution in [0.2, 0.25) is 0 Å². The lowest BCUT2D eigenvalue weighted by molar-refractivity contribution is 0.0949. The second-order valence-corrected chi connectivity index (χ2v) is 6.37. The zero-order valence-corrected chi connectivity index (χ0v) is 15.5. The highest BCUT2D eigenvalue weighted by Crippen LogP contribution is 2.22. The molecular formula is C22H18FN5O. The lowest BCUT2D eigenvalue weighted by Crippen LogP contribution is -2.27. The first-order valence-electron chi connectivity index (χ1n) is 9.16. The van der Waals surface area contributed by atoms with Crippen molar-refractivity contribution in [1.82, 2.24) is 20.3 Å². The maximum Gasteiger partial charge on any atom is 0.270 e. The molecule has 4 rings (SSSR count). The summed E-state index contributed by atoms with van der Waals surface area (Å²) in [5.74, 6) is -0.327. The predicted octanol–water partition coefficient (Wildman–Crippen LogP) is 3.88. The summed E-state index contributed by atoms with van der Waals surface area (Å²) in [7, 11) is 0. The normalized spacial score (nSPS) is 10.7. The first-order chi connectivity index (χ1) is 14.2. The van der Waals surface area contributed by atoms with Crippen LogP contribution in [0.4, 0.5) is 16.0 Å². The van der Waals surface area contributed by atoms with Crippen molar-refractivity contribution in [1.29, 1.82) is 0 Å². The fourth-order valence-corrected chi connectivity index (χ4v) is 2.97. The van der Waals surface area contributed by atoms with Gasteiger partial charge in [-0.05, 0) is 36.2 Å². The maximum atomic E-state index is 13.7. The van der Waals surface area contributed by atoms with Crippen LogP contribution in [0.3, 0.4) is 0 Å². The number of nitrogens with one attached hydrogen (secondary N) is 2. The Hall–Kier alpha value is -3.87. The smallest absolute Gasteiger partial charge is 0.270 e. The number of rotatable bonds is 6. The highest BCUT2D eigenvalue weighted by Gasteiger charge is 2.10. The molecule has 0 spiro atoms. The molecule has 0 fully saturated rings. The number of fused-ring (bicyclic) bond motifs is 1. The second kappa shape index (κ2) is 8.43. The summed E-state index contributed by atoms with van der Waals surface area (Å²) < 4.78 is 13.7. The summed E-state index contributed by atoms with van der Waals surface area (Å²) in [6, 6.07) is 17.6. The molecule has 29 heavy (non-hydrogen) atoms. The minimum Gasteiger partial charge on any atom is -0.350 e. The molecule has 0 atom stereocenters. The van der Waals surface area contributed by atoms with Crippen LogP contribution in [0, 0.1) is 5.82 Å². The van der Waals surface area contributed by atoms with E-state index in [0.29, 0.717) is 24.5 Å². The van der Waals surface area contributed by atoms with Gasteiger partial charge in [0.1, 0.15) is 11.5 Å². The lowest BCUT2D eigenvalue weighted by Gasteiger charge is -2.09. The highest BCUT2D eigenvalue weighted by atomic mass is 19.1. The summed E-state index contributed by atoms with van der Waals surface area (Å²) in [5.41, 5.74) is 2.32. The lowest BCUT2D eigenvalue weighted by atomic mass is 10.1. The fraction of sp³-hybridized carbons (Fsp3) is 0.0909. The molecule has 0 unspecified atom stereocenters. The minimum absolute atomic E-state index is 0.226. The molecule has 0 bridgehead atoms. The number of hydrogen-bond acceptors (Lipinski definition) is 5. The van der Waals surface area contributed by atoms with E-state index in [1.807, 2.05) is 30.3 Å². The van der Waals surface area contributed by atoms with Crippen LogP contribution in [0.25, 0.3) is 10.9 Å². The molecule has 1 amide bonds. The molecule has 7 heteroatoms. The fourth-order valence-electron chi connectivity index (χ4n) is 2.97. The molecule has 0 aliphatic rings. The van der Waals surface area contributed by atoms with Gasteiger partial charge in [-0.2, -0.15) is 0 Å². The number of anilines is 2. The Balaban J connectivity index is 1.44.